The van der Waals surface area contributed by atoms with E-state index in [0.717, 1.165) is 15.0 Å². The number of thioether (sulfide) groups is 2. The number of anilines is 1. The maximum Gasteiger partial charge on any atom is 0.262 e. The van der Waals surface area contributed by atoms with Gasteiger partial charge in [-0.05, 0) is 58.5 Å². The lowest BCUT2D eigenvalue weighted by atomic mass is 10.2. The Kier molecular flexibility index (Phi) is 6.13. The molecule has 1 N–H and O–H groups in total. The molecule has 120 valence electrons. The predicted molar refractivity (Wildman–Crippen MR) is 107 cm³/mol. The Morgan fingerprint density at radius 1 is 1.17 bits per heavy atom. The van der Waals surface area contributed by atoms with Crippen molar-refractivity contribution >= 4 is 57.7 Å². The van der Waals surface area contributed by atoms with Crippen molar-refractivity contribution in [1.29, 1.82) is 0 Å². The summed E-state index contributed by atoms with van der Waals surface area (Å²) in [5, 5.41) is 2.83. The molecule has 1 aliphatic rings. The first kappa shape index (κ1) is 17.0. The Morgan fingerprint density at radius 2 is 1.91 bits per heavy atom. The van der Waals surface area contributed by atoms with Gasteiger partial charge in [-0.2, -0.15) is 0 Å². The summed E-state index contributed by atoms with van der Waals surface area (Å²) in [4.78, 5) is 11.9. The van der Waals surface area contributed by atoms with E-state index in [2.05, 4.69) is 40.0 Å². The molecule has 1 amide bonds. The van der Waals surface area contributed by atoms with Crippen LogP contribution in [-0.4, -0.2) is 24.0 Å². The minimum absolute atomic E-state index is 0.0117. The molecule has 23 heavy (non-hydrogen) atoms. The highest BCUT2D eigenvalue weighted by Gasteiger charge is 2.17. The number of carbonyl (C=O) groups is 1. The molecule has 1 fully saturated rings. The Balaban J connectivity index is 1.50. The first-order valence-corrected chi connectivity index (χ1v) is 10.4. The summed E-state index contributed by atoms with van der Waals surface area (Å²) >= 11 is 6.17. The molecule has 0 aromatic heterocycles. The van der Waals surface area contributed by atoms with Gasteiger partial charge in [-0.3, -0.25) is 4.79 Å². The smallest absolute Gasteiger partial charge is 0.262 e. The summed E-state index contributed by atoms with van der Waals surface area (Å²) in [6.45, 7) is 0.0117. The quantitative estimate of drug-likeness (QED) is 0.656. The number of hydrogen-bond donors (Lipinski definition) is 1. The molecule has 0 spiro atoms. The molecule has 1 saturated heterocycles. The van der Waals surface area contributed by atoms with Crippen LogP contribution in [0.5, 0.6) is 5.75 Å². The zero-order chi connectivity index (χ0) is 16.1. The molecular formula is C17H16INO2S2. The van der Waals surface area contributed by atoms with Crippen LogP contribution in [0.15, 0.2) is 48.5 Å². The van der Waals surface area contributed by atoms with E-state index < -0.39 is 0 Å². The third-order valence-electron chi connectivity index (χ3n) is 3.25. The van der Waals surface area contributed by atoms with E-state index >= 15 is 0 Å². The average Bonchev–Trinajstić information content (AvgIpc) is 3.08. The number of benzene rings is 2. The molecule has 2 aromatic carbocycles. The highest BCUT2D eigenvalue weighted by atomic mass is 127. The van der Waals surface area contributed by atoms with Gasteiger partial charge in [-0.15, -0.1) is 23.5 Å². The fourth-order valence-corrected chi connectivity index (χ4v) is 5.59. The van der Waals surface area contributed by atoms with Gasteiger partial charge in [0.2, 0.25) is 0 Å². The molecular weight excluding hydrogens is 441 g/mol. The highest BCUT2D eigenvalue weighted by Crippen LogP contribution is 2.45. The molecule has 1 aliphatic heterocycles. The van der Waals surface area contributed by atoms with Crippen LogP contribution in [0.25, 0.3) is 0 Å². The van der Waals surface area contributed by atoms with Gasteiger partial charge >= 0.3 is 0 Å². The van der Waals surface area contributed by atoms with Gasteiger partial charge in [0, 0.05) is 20.8 Å². The Hall–Kier alpha value is -0.860. The number of hydrogen-bond acceptors (Lipinski definition) is 4. The third-order valence-corrected chi connectivity index (χ3v) is 7.03. The second kappa shape index (κ2) is 8.30. The SMILES string of the molecule is O=C(COc1ccc(C2SCCS2)cc1)Nc1cccc(I)c1. The van der Waals surface area contributed by atoms with Crippen molar-refractivity contribution in [2.75, 3.05) is 23.4 Å². The highest BCUT2D eigenvalue weighted by molar-refractivity contribution is 14.1. The minimum Gasteiger partial charge on any atom is -0.484 e. The summed E-state index contributed by atoms with van der Waals surface area (Å²) in [7, 11) is 0. The molecule has 0 unspecified atom stereocenters. The summed E-state index contributed by atoms with van der Waals surface area (Å²) in [6, 6.07) is 15.7. The summed E-state index contributed by atoms with van der Waals surface area (Å²) in [5.41, 5.74) is 2.10. The van der Waals surface area contributed by atoms with Gasteiger partial charge < -0.3 is 10.1 Å². The van der Waals surface area contributed by atoms with E-state index in [0.29, 0.717) is 4.58 Å². The molecule has 1 heterocycles. The van der Waals surface area contributed by atoms with Gasteiger partial charge in [0.15, 0.2) is 6.61 Å². The lowest BCUT2D eigenvalue weighted by molar-refractivity contribution is -0.118. The topological polar surface area (TPSA) is 38.3 Å². The van der Waals surface area contributed by atoms with Gasteiger partial charge in [0.25, 0.3) is 5.91 Å². The van der Waals surface area contributed by atoms with Crippen LogP contribution in [0.1, 0.15) is 10.1 Å². The van der Waals surface area contributed by atoms with Gasteiger partial charge in [0.1, 0.15) is 5.75 Å². The van der Waals surface area contributed by atoms with E-state index in [4.69, 9.17) is 4.74 Å². The lowest BCUT2D eigenvalue weighted by Gasteiger charge is -2.10. The number of halogens is 1. The fraction of sp³-hybridized carbons (Fsp3) is 0.235. The summed E-state index contributed by atoms with van der Waals surface area (Å²) in [5.74, 6) is 3.00. The number of amides is 1. The van der Waals surface area contributed by atoms with Gasteiger partial charge in [-0.25, -0.2) is 0 Å². The maximum absolute atomic E-state index is 11.9. The molecule has 0 saturated carbocycles. The molecule has 3 nitrogen and oxygen atoms in total. The van der Waals surface area contributed by atoms with Crippen LogP contribution in [0.3, 0.4) is 0 Å². The summed E-state index contributed by atoms with van der Waals surface area (Å²) in [6.07, 6.45) is 0. The van der Waals surface area contributed by atoms with Crippen LogP contribution in [0, 0.1) is 3.57 Å². The Morgan fingerprint density at radius 3 is 2.61 bits per heavy atom. The van der Waals surface area contributed by atoms with Crippen molar-refractivity contribution in [3.05, 3.63) is 57.7 Å². The van der Waals surface area contributed by atoms with Crippen molar-refractivity contribution < 1.29 is 9.53 Å². The van der Waals surface area contributed by atoms with Crippen molar-refractivity contribution in [2.24, 2.45) is 0 Å². The average molecular weight is 457 g/mol. The van der Waals surface area contributed by atoms with Crippen LogP contribution < -0.4 is 10.1 Å². The van der Waals surface area contributed by atoms with E-state index in [9.17, 15) is 4.79 Å². The van der Waals surface area contributed by atoms with Crippen LogP contribution in [0.4, 0.5) is 5.69 Å². The second-order valence-corrected chi connectivity index (χ2v) is 8.96. The van der Waals surface area contributed by atoms with Crippen molar-refractivity contribution in [3.63, 3.8) is 0 Å². The molecule has 2 aromatic rings. The van der Waals surface area contributed by atoms with E-state index in [1.54, 1.807) is 0 Å². The van der Waals surface area contributed by atoms with Crippen molar-refractivity contribution in [1.82, 2.24) is 0 Å². The van der Waals surface area contributed by atoms with Crippen LogP contribution >= 0.6 is 46.1 Å². The predicted octanol–water partition coefficient (Wildman–Crippen LogP) is 4.79. The number of carbonyl (C=O) groups excluding carboxylic acids is 1. The molecule has 3 rings (SSSR count). The Labute approximate surface area is 158 Å². The van der Waals surface area contributed by atoms with Crippen LogP contribution in [0.2, 0.25) is 0 Å². The molecule has 0 atom stereocenters. The molecule has 0 radical (unpaired) electrons. The van der Waals surface area contributed by atoms with Gasteiger partial charge in [0.05, 0.1) is 4.58 Å². The normalized spacial score (nSPS) is 14.7. The lowest BCUT2D eigenvalue weighted by Crippen LogP contribution is -2.20. The zero-order valence-electron chi connectivity index (χ0n) is 12.3. The zero-order valence-corrected chi connectivity index (χ0v) is 16.1. The second-order valence-electron chi connectivity index (χ2n) is 4.99. The first-order chi connectivity index (χ1) is 11.2. The maximum atomic E-state index is 11.9. The third kappa shape index (κ3) is 5.06. The summed E-state index contributed by atoms with van der Waals surface area (Å²) < 4.78 is 7.18. The van der Waals surface area contributed by atoms with Crippen molar-refractivity contribution in [3.8, 4) is 5.75 Å². The molecule has 0 aliphatic carbocycles. The minimum atomic E-state index is -0.155. The van der Waals surface area contributed by atoms with E-state index in [1.807, 2.05) is 59.9 Å². The van der Waals surface area contributed by atoms with E-state index in [-0.39, 0.29) is 12.5 Å². The number of ether oxygens (including phenoxy) is 1. The molecule has 6 heteroatoms. The number of nitrogens with one attached hydrogen (secondary N) is 1. The molecule has 0 bridgehead atoms. The standard InChI is InChI=1S/C17H16INO2S2/c18-13-2-1-3-14(10-13)19-16(20)11-21-15-6-4-12(5-7-15)17-22-8-9-23-17/h1-7,10,17H,8-9,11H2,(H,19,20). The Bertz CT molecular complexity index is 673. The largest absolute Gasteiger partial charge is 0.484 e. The van der Waals surface area contributed by atoms with Crippen LogP contribution in [-0.2, 0) is 4.79 Å². The monoisotopic (exact) mass is 457 g/mol. The first-order valence-electron chi connectivity index (χ1n) is 7.22. The van der Waals surface area contributed by atoms with Gasteiger partial charge in [-0.1, -0.05) is 18.2 Å². The van der Waals surface area contributed by atoms with E-state index in [1.165, 1.54) is 17.1 Å². The fourth-order valence-electron chi connectivity index (χ4n) is 2.18. The number of rotatable bonds is 5. The van der Waals surface area contributed by atoms with Crippen molar-refractivity contribution in [2.45, 2.75) is 4.58 Å².